The summed E-state index contributed by atoms with van der Waals surface area (Å²) in [7, 11) is 0. The number of nitrogens with two attached hydrogens (primary N) is 1. The van der Waals surface area contributed by atoms with E-state index >= 15 is 0 Å². The molecule has 1 amide bonds. The summed E-state index contributed by atoms with van der Waals surface area (Å²) in [4.78, 5) is 14.6. The molecule has 1 aromatic carbocycles. The quantitative estimate of drug-likeness (QED) is 0.756. The Labute approximate surface area is 163 Å². The van der Waals surface area contributed by atoms with Crippen molar-refractivity contribution in [1.82, 2.24) is 15.1 Å². The maximum absolute atomic E-state index is 12.1. The number of nitrogen functional groups attached to an aromatic ring is 1. The minimum atomic E-state index is -0.130. The van der Waals surface area contributed by atoms with E-state index in [-0.39, 0.29) is 18.4 Å². The maximum Gasteiger partial charge on any atom is 0.231 e. The van der Waals surface area contributed by atoms with Gasteiger partial charge >= 0.3 is 0 Å². The summed E-state index contributed by atoms with van der Waals surface area (Å²) in [6.07, 6.45) is 2.38. The molecule has 0 radical (unpaired) electrons. The van der Waals surface area contributed by atoms with Gasteiger partial charge in [-0.05, 0) is 43.6 Å². The number of hydrogen-bond donors (Lipinski definition) is 2. The zero-order valence-electron chi connectivity index (χ0n) is 15.9. The molecule has 0 bridgehead atoms. The molecular weight excluding hydrogens is 362 g/mol. The van der Waals surface area contributed by atoms with Crippen molar-refractivity contribution in [3.05, 3.63) is 34.8 Å². The smallest absolute Gasteiger partial charge is 0.231 e. The van der Waals surface area contributed by atoms with Crippen LogP contribution in [0.4, 0.5) is 10.8 Å². The van der Waals surface area contributed by atoms with E-state index in [2.05, 4.69) is 34.3 Å². The first-order valence-electron chi connectivity index (χ1n) is 9.42. The summed E-state index contributed by atoms with van der Waals surface area (Å²) < 4.78 is 6.00. The monoisotopic (exact) mass is 389 g/mol. The number of anilines is 2. The molecule has 1 aromatic heterocycles. The third kappa shape index (κ3) is 5.24. The maximum atomic E-state index is 12.1. The third-order valence-electron chi connectivity index (χ3n) is 4.95. The number of amides is 1. The van der Waals surface area contributed by atoms with E-state index in [0.29, 0.717) is 16.2 Å². The number of rotatable bonds is 7. The van der Waals surface area contributed by atoms with Gasteiger partial charge in [-0.25, -0.2) is 0 Å². The summed E-state index contributed by atoms with van der Waals surface area (Å²) in [5.74, 6) is -0.130. The molecule has 2 atom stereocenters. The molecule has 1 fully saturated rings. The first kappa shape index (κ1) is 19.7. The van der Waals surface area contributed by atoms with Crippen molar-refractivity contribution in [2.45, 2.75) is 45.3 Å². The van der Waals surface area contributed by atoms with Crippen LogP contribution in [-0.4, -0.2) is 46.7 Å². The van der Waals surface area contributed by atoms with Crippen molar-refractivity contribution in [1.29, 1.82) is 0 Å². The molecule has 1 aliphatic rings. The Bertz CT molecular complexity index is 745. The second kappa shape index (κ2) is 9.25. The van der Waals surface area contributed by atoms with Crippen molar-refractivity contribution in [3.8, 4) is 0 Å². The average molecular weight is 390 g/mol. The van der Waals surface area contributed by atoms with Gasteiger partial charge in [0.25, 0.3) is 0 Å². The Kier molecular flexibility index (Phi) is 6.76. The van der Waals surface area contributed by atoms with Crippen LogP contribution in [0.15, 0.2) is 24.3 Å². The summed E-state index contributed by atoms with van der Waals surface area (Å²) in [5.41, 5.74) is 7.45. The zero-order valence-corrected chi connectivity index (χ0v) is 16.7. The fraction of sp³-hybridized carbons (Fsp3) is 0.526. The second-order valence-electron chi connectivity index (χ2n) is 6.64. The number of aromatic nitrogens is 2. The normalized spacial score (nSPS) is 20.0. The lowest BCUT2D eigenvalue weighted by molar-refractivity contribution is -0.115. The standard InChI is InChI=1S/C19H27N5O2S/c1-3-24(4-2)15-9-10-26-16(11-15)13-5-7-14(8-6-13)21-17(25)12-18-22-23-19(20)27-18/h5-8,15-16H,3-4,9-12H2,1-2H3,(H2,20,23)(H,21,25)/t15-,16+/m1/s1. The van der Waals surface area contributed by atoms with Gasteiger partial charge < -0.3 is 20.7 Å². The third-order valence-corrected chi connectivity index (χ3v) is 5.70. The van der Waals surface area contributed by atoms with Crippen LogP contribution in [0.1, 0.15) is 43.4 Å². The van der Waals surface area contributed by atoms with E-state index in [1.165, 1.54) is 11.3 Å². The fourth-order valence-corrected chi connectivity index (χ4v) is 4.15. The van der Waals surface area contributed by atoms with E-state index < -0.39 is 0 Å². The van der Waals surface area contributed by atoms with E-state index in [9.17, 15) is 4.79 Å². The number of carbonyl (C=O) groups excluding carboxylic acids is 1. The van der Waals surface area contributed by atoms with Gasteiger partial charge in [-0.3, -0.25) is 4.79 Å². The lowest BCUT2D eigenvalue weighted by Gasteiger charge is -2.36. The summed E-state index contributed by atoms with van der Waals surface area (Å²) in [6.45, 7) is 7.34. The predicted octanol–water partition coefficient (Wildman–Crippen LogP) is 2.86. The van der Waals surface area contributed by atoms with Crippen molar-refractivity contribution < 1.29 is 9.53 Å². The van der Waals surface area contributed by atoms with Crippen molar-refractivity contribution in [2.75, 3.05) is 30.7 Å². The van der Waals surface area contributed by atoms with Crippen LogP contribution >= 0.6 is 11.3 Å². The molecule has 0 aliphatic carbocycles. The highest BCUT2D eigenvalue weighted by atomic mass is 32.1. The van der Waals surface area contributed by atoms with Crippen molar-refractivity contribution >= 4 is 28.1 Å². The van der Waals surface area contributed by atoms with Crippen molar-refractivity contribution in [3.63, 3.8) is 0 Å². The van der Waals surface area contributed by atoms with Crippen LogP contribution in [0.25, 0.3) is 0 Å². The number of hydrogen-bond acceptors (Lipinski definition) is 7. The molecule has 3 rings (SSSR count). The minimum Gasteiger partial charge on any atom is -0.374 e. The Morgan fingerprint density at radius 3 is 2.67 bits per heavy atom. The molecule has 3 N–H and O–H groups in total. The van der Waals surface area contributed by atoms with Gasteiger partial charge in [-0.2, -0.15) is 0 Å². The van der Waals surface area contributed by atoms with Gasteiger partial charge in [-0.15, -0.1) is 10.2 Å². The predicted molar refractivity (Wildman–Crippen MR) is 108 cm³/mol. The molecule has 7 nitrogen and oxygen atoms in total. The molecule has 0 unspecified atom stereocenters. The van der Waals surface area contributed by atoms with Crippen LogP contribution in [0, 0.1) is 0 Å². The van der Waals surface area contributed by atoms with E-state index in [4.69, 9.17) is 10.5 Å². The summed E-state index contributed by atoms with van der Waals surface area (Å²) in [6, 6.07) is 8.48. The van der Waals surface area contributed by atoms with Gasteiger partial charge in [0.05, 0.1) is 12.5 Å². The van der Waals surface area contributed by atoms with E-state index in [0.717, 1.165) is 43.8 Å². The molecule has 1 aliphatic heterocycles. The van der Waals surface area contributed by atoms with Gasteiger partial charge in [0, 0.05) is 18.3 Å². The summed E-state index contributed by atoms with van der Waals surface area (Å²) >= 11 is 1.23. The highest BCUT2D eigenvalue weighted by Crippen LogP contribution is 2.31. The van der Waals surface area contributed by atoms with E-state index in [1.807, 2.05) is 24.3 Å². The molecule has 146 valence electrons. The van der Waals surface area contributed by atoms with Gasteiger partial charge in [-0.1, -0.05) is 37.3 Å². The van der Waals surface area contributed by atoms with Crippen LogP contribution in [0.2, 0.25) is 0 Å². The number of carbonyl (C=O) groups is 1. The highest BCUT2D eigenvalue weighted by Gasteiger charge is 2.26. The summed E-state index contributed by atoms with van der Waals surface area (Å²) in [5, 5.41) is 11.5. The van der Waals surface area contributed by atoms with Crippen LogP contribution < -0.4 is 11.1 Å². The molecule has 2 heterocycles. The van der Waals surface area contributed by atoms with E-state index in [1.54, 1.807) is 0 Å². The Hall–Kier alpha value is -2.03. The number of benzene rings is 1. The van der Waals surface area contributed by atoms with Crippen LogP contribution in [0.5, 0.6) is 0 Å². The molecule has 0 saturated carbocycles. The molecule has 0 spiro atoms. The Balaban J connectivity index is 1.57. The lowest BCUT2D eigenvalue weighted by Crippen LogP contribution is -2.40. The highest BCUT2D eigenvalue weighted by molar-refractivity contribution is 7.15. The fourth-order valence-electron chi connectivity index (χ4n) is 3.54. The molecule has 27 heavy (non-hydrogen) atoms. The van der Waals surface area contributed by atoms with Crippen molar-refractivity contribution in [2.24, 2.45) is 0 Å². The zero-order chi connectivity index (χ0) is 19.2. The minimum absolute atomic E-state index is 0.110. The lowest BCUT2D eigenvalue weighted by atomic mass is 9.96. The number of nitrogens with zero attached hydrogens (tertiary/aromatic N) is 3. The van der Waals surface area contributed by atoms with Crippen LogP contribution in [-0.2, 0) is 16.0 Å². The molecule has 8 heteroatoms. The van der Waals surface area contributed by atoms with Crippen LogP contribution in [0.3, 0.4) is 0 Å². The number of nitrogens with one attached hydrogen (secondary N) is 1. The molecule has 2 aromatic rings. The Morgan fingerprint density at radius 2 is 2.04 bits per heavy atom. The Morgan fingerprint density at radius 1 is 1.30 bits per heavy atom. The largest absolute Gasteiger partial charge is 0.374 e. The second-order valence-corrected chi connectivity index (χ2v) is 7.73. The van der Waals surface area contributed by atoms with Gasteiger partial charge in [0.15, 0.2) is 0 Å². The average Bonchev–Trinajstić information content (AvgIpc) is 3.08. The SMILES string of the molecule is CCN(CC)[C@@H]1CCO[C@H](c2ccc(NC(=O)Cc3nnc(N)s3)cc2)C1. The topological polar surface area (TPSA) is 93.4 Å². The number of ether oxygens (including phenoxy) is 1. The molecular formula is C19H27N5O2S. The molecule has 1 saturated heterocycles. The first-order chi connectivity index (χ1) is 13.1. The first-order valence-corrected chi connectivity index (χ1v) is 10.2. The van der Waals surface area contributed by atoms with Gasteiger partial charge in [0.2, 0.25) is 11.0 Å². The van der Waals surface area contributed by atoms with Gasteiger partial charge in [0.1, 0.15) is 5.01 Å².